The van der Waals surface area contributed by atoms with Gasteiger partial charge in [0.2, 0.25) is 5.43 Å². The topological polar surface area (TPSA) is 104 Å². The molecule has 0 bridgehead atoms. The maximum Gasteiger partial charge on any atom is 0.278 e. The maximum absolute atomic E-state index is 14.2. The summed E-state index contributed by atoms with van der Waals surface area (Å²) in [4.78, 5) is 40.5. The molecule has 1 aliphatic rings. The van der Waals surface area contributed by atoms with Gasteiger partial charge in [-0.1, -0.05) is 36.6 Å². The number of nitrogens with one attached hydrogen (secondary N) is 1. The lowest BCUT2D eigenvalue weighted by atomic mass is 10.1. The molecule has 1 aliphatic heterocycles. The van der Waals surface area contributed by atoms with E-state index < -0.39 is 40.4 Å². The molecule has 2 N–H and O–H groups in total. The van der Waals surface area contributed by atoms with Gasteiger partial charge in [-0.3, -0.25) is 24.1 Å². The van der Waals surface area contributed by atoms with E-state index in [1.807, 2.05) is 6.92 Å². The van der Waals surface area contributed by atoms with Gasteiger partial charge in [0.15, 0.2) is 11.4 Å². The lowest BCUT2D eigenvalue weighted by molar-refractivity contribution is 0.0539. The molecule has 2 atom stereocenters. The van der Waals surface area contributed by atoms with Gasteiger partial charge in [-0.25, -0.2) is 4.39 Å². The average molecular weight is 529 g/mol. The number of methoxy groups -OCH3 is 1. The Hall–Kier alpha value is -3.99. The Bertz CT molecular complexity index is 1350. The lowest BCUT2D eigenvalue weighted by Crippen LogP contribution is -2.58. The highest BCUT2D eigenvalue weighted by atomic mass is 35.5. The molecule has 2 heterocycles. The number of benzene rings is 1. The van der Waals surface area contributed by atoms with Crippen molar-refractivity contribution in [2.75, 3.05) is 31.9 Å². The molecular formula is C26H26ClFN4O5. The van der Waals surface area contributed by atoms with Crippen molar-refractivity contribution in [1.82, 2.24) is 14.9 Å². The number of aromatic nitrogens is 1. The summed E-state index contributed by atoms with van der Waals surface area (Å²) in [6.07, 6.45) is 12.8. The van der Waals surface area contributed by atoms with Gasteiger partial charge in [0.25, 0.3) is 11.8 Å². The van der Waals surface area contributed by atoms with Gasteiger partial charge in [0, 0.05) is 37.9 Å². The van der Waals surface area contributed by atoms with E-state index in [1.165, 1.54) is 34.9 Å². The summed E-state index contributed by atoms with van der Waals surface area (Å²) >= 11 is 5.78. The van der Waals surface area contributed by atoms with E-state index in [2.05, 4.69) is 17.2 Å². The number of hydrogen-bond donors (Lipinski definition) is 2. The molecule has 11 heteroatoms. The smallest absolute Gasteiger partial charge is 0.278 e. The number of nitrogens with zero attached hydrogens (tertiary/aromatic N) is 3. The SMILES string of the molecule is C#C[C@@H](C)CCN1CN([C@H](C#C)COC)C(=O)c2c(O)c(=O)c(C(=O)NCc3cccc(Cl)c3F)cn21. The van der Waals surface area contributed by atoms with Crippen LogP contribution in [0.3, 0.4) is 0 Å². The van der Waals surface area contributed by atoms with Crippen molar-refractivity contribution in [2.24, 2.45) is 5.92 Å². The van der Waals surface area contributed by atoms with E-state index >= 15 is 0 Å². The molecule has 1 aromatic heterocycles. The number of pyridine rings is 1. The van der Waals surface area contributed by atoms with Crippen LogP contribution in [0.4, 0.5) is 4.39 Å². The molecule has 194 valence electrons. The largest absolute Gasteiger partial charge is 0.502 e. The summed E-state index contributed by atoms with van der Waals surface area (Å²) in [5, 5.41) is 14.7. The highest BCUT2D eigenvalue weighted by molar-refractivity contribution is 6.30. The third-order valence-electron chi connectivity index (χ3n) is 5.96. The zero-order valence-corrected chi connectivity index (χ0v) is 21.1. The van der Waals surface area contributed by atoms with Gasteiger partial charge in [-0.2, -0.15) is 0 Å². The summed E-state index contributed by atoms with van der Waals surface area (Å²) in [6, 6.07) is 3.54. The number of halogens is 2. The second-order valence-corrected chi connectivity index (χ2v) is 8.86. The van der Waals surface area contributed by atoms with Crippen molar-refractivity contribution in [3.63, 3.8) is 0 Å². The van der Waals surface area contributed by atoms with Gasteiger partial charge in [0.05, 0.1) is 11.6 Å². The second-order valence-electron chi connectivity index (χ2n) is 8.45. The van der Waals surface area contributed by atoms with E-state index in [-0.39, 0.29) is 42.0 Å². The molecule has 0 radical (unpaired) electrons. The zero-order valence-electron chi connectivity index (χ0n) is 20.3. The maximum atomic E-state index is 14.2. The molecule has 3 rings (SSSR count). The van der Waals surface area contributed by atoms with Gasteiger partial charge >= 0.3 is 0 Å². The molecule has 0 saturated heterocycles. The summed E-state index contributed by atoms with van der Waals surface area (Å²) < 4.78 is 20.6. The van der Waals surface area contributed by atoms with Crippen LogP contribution in [0.15, 0.2) is 29.2 Å². The minimum absolute atomic E-state index is 0.0154. The Kier molecular flexibility index (Phi) is 8.82. The van der Waals surface area contributed by atoms with Crippen LogP contribution in [0.2, 0.25) is 5.02 Å². The molecule has 1 aromatic carbocycles. The summed E-state index contributed by atoms with van der Waals surface area (Å²) in [6.45, 7) is 1.91. The fraction of sp³-hybridized carbons (Fsp3) is 0.346. The third kappa shape index (κ3) is 5.72. The van der Waals surface area contributed by atoms with E-state index in [9.17, 15) is 23.9 Å². The molecular weight excluding hydrogens is 503 g/mol. The van der Waals surface area contributed by atoms with E-state index in [0.29, 0.717) is 13.0 Å². The predicted octanol–water partition coefficient (Wildman–Crippen LogP) is 1.94. The minimum atomic E-state index is -1.06. The van der Waals surface area contributed by atoms with E-state index in [1.54, 1.807) is 5.01 Å². The average Bonchev–Trinajstić information content (AvgIpc) is 2.89. The Morgan fingerprint density at radius 3 is 2.70 bits per heavy atom. The number of amides is 2. The summed E-state index contributed by atoms with van der Waals surface area (Å²) in [5.41, 5.74) is -1.74. The molecule has 0 unspecified atom stereocenters. The van der Waals surface area contributed by atoms with Gasteiger partial charge < -0.3 is 20.1 Å². The first-order chi connectivity index (χ1) is 17.6. The predicted molar refractivity (Wildman–Crippen MR) is 136 cm³/mol. The van der Waals surface area contributed by atoms with Crippen molar-refractivity contribution >= 4 is 23.4 Å². The zero-order chi connectivity index (χ0) is 27.3. The number of rotatable bonds is 9. The summed E-state index contributed by atoms with van der Waals surface area (Å²) in [7, 11) is 1.43. The first-order valence-electron chi connectivity index (χ1n) is 11.3. The van der Waals surface area contributed by atoms with Crippen molar-refractivity contribution in [2.45, 2.75) is 25.9 Å². The van der Waals surface area contributed by atoms with Gasteiger partial charge in [-0.05, 0) is 12.5 Å². The normalized spacial score (nSPS) is 14.4. The number of aromatic hydroxyl groups is 1. The number of hydrogen-bond acceptors (Lipinski definition) is 6. The fourth-order valence-electron chi connectivity index (χ4n) is 3.80. The van der Waals surface area contributed by atoms with E-state index in [0.717, 1.165) is 6.20 Å². The summed E-state index contributed by atoms with van der Waals surface area (Å²) in [5.74, 6) is 1.80. The molecule has 0 spiro atoms. The van der Waals surface area contributed by atoms with Crippen molar-refractivity contribution < 1.29 is 23.8 Å². The van der Waals surface area contributed by atoms with Crippen LogP contribution >= 0.6 is 11.6 Å². The van der Waals surface area contributed by atoms with Crippen LogP contribution in [0.25, 0.3) is 0 Å². The standard InChI is InChI=1S/C26H26ClFN4O5/c1-5-16(3)10-11-30-15-31(18(6-2)14-37-4)26(36)22-24(34)23(33)19(13-32(22)30)25(35)29-12-17-8-7-9-20(27)21(17)28/h1-2,7-9,13,16,18,34H,10-12,14-15H2,3-4H3,(H,29,35)/t16-,18-/m1/s1. The molecule has 2 aromatic rings. The fourth-order valence-corrected chi connectivity index (χ4v) is 4.00. The van der Waals surface area contributed by atoms with Crippen LogP contribution < -0.4 is 15.8 Å². The number of carbonyl (C=O) groups is 2. The number of carbonyl (C=O) groups excluding carboxylic acids is 2. The van der Waals surface area contributed by atoms with Crippen LogP contribution in [0.5, 0.6) is 5.75 Å². The van der Waals surface area contributed by atoms with Crippen molar-refractivity contribution in [3.8, 4) is 30.4 Å². The molecule has 9 nitrogen and oxygen atoms in total. The van der Waals surface area contributed by atoms with Crippen LogP contribution in [0.1, 0.15) is 39.8 Å². The van der Waals surface area contributed by atoms with E-state index in [4.69, 9.17) is 29.2 Å². The highest BCUT2D eigenvalue weighted by Gasteiger charge is 2.37. The number of fused-ring (bicyclic) bond motifs is 1. The van der Waals surface area contributed by atoms with Crippen LogP contribution in [0, 0.1) is 36.4 Å². The minimum Gasteiger partial charge on any atom is -0.502 e. The Morgan fingerprint density at radius 1 is 1.32 bits per heavy atom. The quantitative estimate of drug-likeness (QED) is 0.482. The second kappa shape index (κ2) is 11.8. The Labute approximate surface area is 218 Å². The number of ether oxygens (including phenoxy) is 1. The van der Waals surface area contributed by atoms with Gasteiger partial charge in [0.1, 0.15) is 24.1 Å². The Morgan fingerprint density at radius 2 is 2.05 bits per heavy atom. The Balaban J connectivity index is 2.01. The molecule has 2 amide bonds. The van der Waals surface area contributed by atoms with Crippen molar-refractivity contribution in [3.05, 3.63) is 62.3 Å². The third-order valence-corrected chi connectivity index (χ3v) is 6.25. The first-order valence-corrected chi connectivity index (χ1v) is 11.7. The molecule has 0 saturated carbocycles. The molecule has 37 heavy (non-hydrogen) atoms. The van der Waals surface area contributed by atoms with Crippen molar-refractivity contribution in [1.29, 1.82) is 0 Å². The first kappa shape index (κ1) is 27.6. The van der Waals surface area contributed by atoms with Gasteiger partial charge in [-0.15, -0.1) is 18.8 Å². The monoisotopic (exact) mass is 528 g/mol. The molecule has 0 aliphatic carbocycles. The highest BCUT2D eigenvalue weighted by Crippen LogP contribution is 2.24. The molecule has 0 fully saturated rings. The lowest BCUT2D eigenvalue weighted by Gasteiger charge is -2.41. The van der Waals surface area contributed by atoms with Crippen LogP contribution in [-0.2, 0) is 11.3 Å². The number of terminal acetylenes is 2. The van der Waals surface area contributed by atoms with Crippen LogP contribution in [-0.4, -0.2) is 59.5 Å².